The van der Waals surface area contributed by atoms with E-state index < -0.39 is 12.1 Å². The standard InChI is InChI=1S/C13H14N2O4/c1-3-6-19-9(2)12(16)15-8-10-4-5-11(13(17)18)14-7-10/h1,4-5,7,9H,6,8H2,2H3,(H,15,16)(H,17,18). The van der Waals surface area contributed by atoms with E-state index in [1.54, 1.807) is 13.0 Å². The summed E-state index contributed by atoms with van der Waals surface area (Å²) < 4.78 is 5.05. The lowest BCUT2D eigenvalue weighted by Crippen LogP contribution is -2.34. The van der Waals surface area contributed by atoms with E-state index in [0.29, 0.717) is 5.56 Å². The first kappa shape index (κ1) is 14.7. The lowest BCUT2D eigenvalue weighted by Gasteiger charge is -2.11. The normalized spacial score (nSPS) is 11.4. The fraction of sp³-hybridized carbons (Fsp3) is 0.308. The van der Waals surface area contributed by atoms with Crippen molar-refractivity contribution in [3.05, 3.63) is 29.6 Å². The fourth-order valence-electron chi connectivity index (χ4n) is 1.24. The van der Waals surface area contributed by atoms with Crippen molar-refractivity contribution < 1.29 is 19.4 Å². The third-order valence-electron chi connectivity index (χ3n) is 2.30. The predicted molar refractivity (Wildman–Crippen MR) is 67.3 cm³/mol. The molecule has 2 N–H and O–H groups in total. The van der Waals surface area contributed by atoms with Crippen LogP contribution in [0, 0.1) is 12.3 Å². The molecular weight excluding hydrogens is 248 g/mol. The average molecular weight is 262 g/mol. The van der Waals surface area contributed by atoms with Gasteiger partial charge in [-0.05, 0) is 18.6 Å². The fourth-order valence-corrected chi connectivity index (χ4v) is 1.24. The van der Waals surface area contributed by atoms with E-state index in [4.69, 9.17) is 16.3 Å². The number of rotatable bonds is 6. The maximum absolute atomic E-state index is 11.6. The molecule has 0 aliphatic heterocycles. The molecule has 0 bridgehead atoms. The second-order valence-electron chi connectivity index (χ2n) is 3.73. The number of aromatic carboxylic acids is 1. The molecule has 0 aliphatic carbocycles. The van der Waals surface area contributed by atoms with Crippen LogP contribution in [-0.2, 0) is 16.1 Å². The number of carbonyl (C=O) groups is 2. The van der Waals surface area contributed by atoms with E-state index >= 15 is 0 Å². The van der Waals surface area contributed by atoms with E-state index in [9.17, 15) is 9.59 Å². The monoisotopic (exact) mass is 262 g/mol. The van der Waals surface area contributed by atoms with Crippen LogP contribution in [0.25, 0.3) is 0 Å². The number of nitrogens with one attached hydrogen (secondary N) is 1. The molecule has 1 heterocycles. The molecule has 0 fully saturated rings. The van der Waals surface area contributed by atoms with Crippen LogP contribution in [0.1, 0.15) is 23.0 Å². The number of nitrogens with zero attached hydrogens (tertiary/aromatic N) is 1. The Morgan fingerprint density at radius 2 is 2.32 bits per heavy atom. The number of ether oxygens (including phenoxy) is 1. The summed E-state index contributed by atoms with van der Waals surface area (Å²) in [5.74, 6) is 0.891. The first-order valence-corrected chi connectivity index (χ1v) is 5.55. The Kier molecular flexibility index (Phi) is 5.51. The summed E-state index contributed by atoms with van der Waals surface area (Å²) in [7, 11) is 0. The van der Waals surface area contributed by atoms with Gasteiger partial charge < -0.3 is 15.2 Å². The molecule has 19 heavy (non-hydrogen) atoms. The van der Waals surface area contributed by atoms with Crippen LogP contribution >= 0.6 is 0 Å². The van der Waals surface area contributed by atoms with Crippen molar-refractivity contribution in [1.29, 1.82) is 0 Å². The molecule has 0 saturated carbocycles. The van der Waals surface area contributed by atoms with Gasteiger partial charge in [-0.1, -0.05) is 12.0 Å². The highest BCUT2D eigenvalue weighted by atomic mass is 16.5. The van der Waals surface area contributed by atoms with Crippen molar-refractivity contribution in [2.75, 3.05) is 6.61 Å². The van der Waals surface area contributed by atoms with Gasteiger partial charge in [-0.3, -0.25) is 4.79 Å². The third-order valence-corrected chi connectivity index (χ3v) is 2.30. The average Bonchev–Trinajstić information content (AvgIpc) is 2.42. The highest BCUT2D eigenvalue weighted by molar-refractivity contribution is 5.85. The van der Waals surface area contributed by atoms with Gasteiger partial charge in [0.05, 0.1) is 0 Å². The molecule has 1 aromatic rings. The predicted octanol–water partition coefficient (Wildman–Crippen LogP) is 0.434. The molecule has 1 unspecified atom stereocenters. The van der Waals surface area contributed by atoms with Gasteiger partial charge in [0.2, 0.25) is 5.91 Å². The molecule has 1 aromatic heterocycles. The highest BCUT2D eigenvalue weighted by Gasteiger charge is 2.12. The number of amides is 1. The van der Waals surface area contributed by atoms with Crippen LogP contribution in [-0.4, -0.2) is 34.7 Å². The van der Waals surface area contributed by atoms with Gasteiger partial charge in [-0.2, -0.15) is 0 Å². The van der Waals surface area contributed by atoms with Gasteiger partial charge in [0, 0.05) is 12.7 Å². The summed E-state index contributed by atoms with van der Waals surface area (Å²) in [5.41, 5.74) is 0.656. The van der Waals surface area contributed by atoms with E-state index in [1.807, 2.05) is 0 Å². The Labute approximate surface area is 110 Å². The van der Waals surface area contributed by atoms with Gasteiger partial charge in [-0.25, -0.2) is 9.78 Å². The lowest BCUT2D eigenvalue weighted by molar-refractivity contribution is -0.131. The SMILES string of the molecule is C#CCOC(C)C(=O)NCc1ccc(C(=O)O)nc1. The minimum atomic E-state index is -1.09. The smallest absolute Gasteiger partial charge is 0.354 e. The zero-order chi connectivity index (χ0) is 14.3. The Morgan fingerprint density at radius 3 is 2.84 bits per heavy atom. The number of carbonyl (C=O) groups excluding carboxylic acids is 1. The van der Waals surface area contributed by atoms with Gasteiger partial charge in [-0.15, -0.1) is 6.42 Å². The zero-order valence-electron chi connectivity index (χ0n) is 10.4. The number of pyridine rings is 1. The molecule has 0 aliphatic rings. The number of carboxylic acids is 1. The first-order chi connectivity index (χ1) is 9.04. The quantitative estimate of drug-likeness (QED) is 0.726. The summed E-state index contributed by atoms with van der Waals surface area (Å²) in [5, 5.41) is 11.3. The zero-order valence-corrected chi connectivity index (χ0v) is 10.4. The molecule has 1 rings (SSSR count). The number of hydrogen-bond donors (Lipinski definition) is 2. The maximum Gasteiger partial charge on any atom is 0.354 e. The minimum Gasteiger partial charge on any atom is -0.477 e. The van der Waals surface area contributed by atoms with E-state index in [0.717, 1.165) is 0 Å². The Bertz CT molecular complexity index is 490. The highest BCUT2D eigenvalue weighted by Crippen LogP contribution is 2.00. The number of terminal acetylenes is 1. The van der Waals surface area contributed by atoms with Crippen molar-refractivity contribution in [2.24, 2.45) is 0 Å². The third kappa shape index (κ3) is 4.77. The van der Waals surface area contributed by atoms with Crippen LogP contribution in [0.15, 0.2) is 18.3 Å². The molecule has 0 aromatic carbocycles. The molecule has 1 amide bonds. The molecule has 100 valence electrons. The lowest BCUT2D eigenvalue weighted by atomic mass is 10.2. The molecule has 1 atom stereocenters. The first-order valence-electron chi connectivity index (χ1n) is 5.55. The Hall–Kier alpha value is -2.39. The van der Waals surface area contributed by atoms with Crippen LogP contribution in [0.3, 0.4) is 0 Å². The topological polar surface area (TPSA) is 88.5 Å². The van der Waals surface area contributed by atoms with E-state index in [-0.39, 0.29) is 24.8 Å². The van der Waals surface area contributed by atoms with Crippen LogP contribution in [0.2, 0.25) is 0 Å². The van der Waals surface area contributed by atoms with Crippen molar-refractivity contribution in [1.82, 2.24) is 10.3 Å². The Balaban J connectivity index is 2.46. The van der Waals surface area contributed by atoms with Gasteiger partial charge in [0.15, 0.2) is 0 Å². The summed E-state index contributed by atoms with van der Waals surface area (Å²) >= 11 is 0. The summed E-state index contributed by atoms with van der Waals surface area (Å²) in [6.07, 6.45) is 5.78. The minimum absolute atomic E-state index is 0.0409. The maximum atomic E-state index is 11.6. The van der Waals surface area contributed by atoms with Crippen molar-refractivity contribution in [2.45, 2.75) is 19.6 Å². The van der Waals surface area contributed by atoms with Gasteiger partial charge in [0.1, 0.15) is 18.4 Å². The van der Waals surface area contributed by atoms with Crippen LogP contribution in [0.5, 0.6) is 0 Å². The number of aromatic nitrogens is 1. The molecule has 6 heteroatoms. The Morgan fingerprint density at radius 1 is 1.58 bits per heavy atom. The van der Waals surface area contributed by atoms with Crippen molar-refractivity contribution in [3.8, 4) is 12.3 Å². The molecule has 0 saturated heterocycles. The molecular formula is C13H14N2O4. The second kappa shape index (κ2) is 7.13. The van der Waals surface area contributed by atoms with Crippen molar-refractivity contribution in [3.63, 3.8) is 0 Å². The summed E-state index contributed by atoms with van der Waals surface area (Å²) in [6, 6.07) is 2.96. The number of carboxylic acid groups (broad SMARTS) is 1. The van der Waals surface area contributed by atoms with E-state index in [1.165, 1.54) is 12.3 Å². The largest absolute Gasteiger partial charge is 0.477 e. The van der Waals surface area contributed by atoms with Crippen molar-refractivity contribution >= 4 is 11.9 Å². The summed E-state index contributed by atoms with van der Waals surface area (Å²) in [6.45, 7) is 1.91. The second-order valence-corrected chi connectivity index (χ2v) is 3.73. The van der Waals surface area contributed by atoms with E-state index in [2.05, 4.69) is 16.2 Å². The molecule has 0 spiro atoms. The molecule has 6 nitrogen and oxygen atoms in total. The van der Waals surface area contributed by atoms with Gasteiger partial charge in [0.25, 0.3) is 0 Å². The number of hydrogen-bond acceptors (Lipinski definition) is 4. The molecule has 0 radical (unpaired) electrons. The van der Waals surface area contributed by atoms with Crippen LogP contribution in [0.4, 0.5) is 0 Å². The summed E-state index contributed by atoms with van der Waals surface area (Å²) in [4.78, 5) is 25.9. The van der Waals surface area contributed by atoms with Gasteiger partial charge >= 0.3 is 5.97 Å². The van der Waals surface area contributed by atoms with Crippen LogP contribution < -0.4 is 5.32 Å².